The molecule has 0 aromatic heterocycles. The second kappa shape index (κ2) is 8.67. The zero-order valence-corrected chi connectivity index (χ0v) is 16.0. The predicted octanol–water partition coefficient (Wildman–Crippen LogP) is 0.192. The van der Waals surface area contributed by atoms with E-state index in [1.807, 2.05) is 6.92 Å². The lowest BCUT2D eigenvalue weighted by Gasteiger charge is -2.19. The van der Waals surface area contributed by atoms with E-state index >= 15 is 0 Å². The van der Waals surface area contributed by atoms with Crippen LogP contribution in [0.1, 0.15) is 22.8 Å². The Kier molecular flexibility index (Phi) is 6.56. The zero-order chi connectivity index (χ0) is 20.1. The van der Waals surface area contributed by atoms with Crippen LogP contribution in [0.15, 0.2) is 29.3 Å². The highest BCUT2D eigenvalue weighted by Crippen LogP contribution is 2.30. The first-order chi connectivity index (χ1) is 12.7. The number of rotatable bonds is 5. The Morgan fingerprint density at radius 2 is 1.89 bits per heavy atom. The van der Waals surface area contributed by atoms with Gasteiger partial charge >= 0.3 is 5.97 Å². The summed E-state index contributed by atoms with van der Waals surface area (Å²) in [6.07, 6.45) is 0. The van der Waals surface area contributed by atoms with E-state index in [2.05, 4.69) is 15.0 Å². The maximum atomic E-state index is 12.4. The van der Waals surface area contributed by atoms with Gasteiger partial charge in [-0.05, 0) is 19.1 Å². The summed E-state index contributed by atoms with van der Waals surface area (Å²) in [6, 6.07) is 6.04. The number of thioether (sulfide) groups is 1. The molecule has 1 aliphatic rings. The Bertz CT molecular complexity index is 793. The number of carbonyl (C=O) groups excluding carboxylic acids is 3. The van der Waals surface area contributed by atoms with Crippen LogP contribution >= 0.6 is 11.8 Å². The number of amidine groups is 2. The van der Waals surface area contributed by atoms with Crippen molar-refractivity contribution in [1.82, 2.24) is 10.2 Å². The molecule has 1 fully saturated rings. The number of esters is 1. The molecule has 144 valence electrons. The molecule has 1 saturated heterocycles. The average Bonchev–Trinajstić information content (AvgIpc) is 2.94. The second-order valence-corrected chi connectivity index (χ2v) is 6.98. The smallest absolute Gasteiger partial charge is 0.325 e. The molecule has 27 heavy (non-hydrogen) atoms. The van der Waals surface area contributed by atoms with Gasteiger partial charge in [0.2, 0.25) is 5.91 Å². The molecular formula is C17H21N5O4S. The van der Waals surface area contributed by atoms with Gasteiger partial charge in [0.25, 0.3) is 5.91 Å². The minimum Gasteiger partial charge on any atom is -0.468 e. The summed E-state index contributed by atoms with van der Waals surface area (Å²) < 4.78 is 4.50. The molecule has 4 N–H and O–H groups in total. The lowest BCUT2D eigenvalue weighted by molar-refractivity contribution is -0.141. The second-order valence-electron chi connectivity index (χ2n) is 5.87. The van der Waals surface area contributed by atoms with Gasteiger partial charge < -0.3 is 20.7 Å². The zero-order valence-electron chi connectivity index (χ0n) is 15.2. The standard InChI is InChI=1S/C17H21N5O4S/c1-9-13(16(25)20-8-12(23)26-3)27-17(22(9)2)21-15(24)11-6-4-10(5-7-11)14(18)19/h4-7,9,13H,8H2,1-3H3,(H3,18,19)(H,20,25). The number of nitrogens with two attached hydrogens (primary N) is 1. The number of ether oxygens (including phenoxy) is 1. The van der Waals surface area contributed by atoms with Crippen LogP contribution in [0.5, 0.6) is 0 Å². The molecule has 2 rings (SSSR count). The van der Waals surface area contributed by atoms with Crippen LogP contribution in [-0.2, 0) is 14.3 Å². The summed E-state index contributed by atoms with van der Waals surface area (Å²) in [5.74, 6) is -1.40. The SMILES string of the molecule is COC(=O)CNC(=O)C1SC(=NC(=O)c2ccc(C(=N)N)cc2)N(C)C1C. The summed E-state index contributed by atoms with van der Waals surface area (Å²) in [7, 11) is 2.99. The van der Waals surface area contributed by atoms with Crippen LogP contribution in [0.4, 0.5) is 0 Å². The largest absolute Gasteiger partial charge is 0.468 e. The molecule has 1 aliphatic heterocycles. The van der Waals surface area contributed by atoms with Crippen molar-refractivity contribution in [1.29, 1.82) is 5.41 Å². The van der Waals surface area contributed by atoms with E-state index in [0.717, 1.165) is 11.8 Å². The van der Waals surface area contributed by atoms with Gasteiger partial charge in [-0.25, -0.2) is 0 Å². The van der Waals surface area contributed by atoms with E-state index in [9.17, 15) is 14.4 Å². The highest BCUT2D eigenvalue weighted by atomic mass is 32.2. The lowest BCUT2D eigenvalue weighted by atomic mass is 10.1. The van der Waals surface area contributed by atoms with Crippen LogP contribution in [0.25, 0.3) is 0 Å². The molecule has 1 aromatic rings. The van der Waals surface area contributed by atoms with Crippen LogP contribution in [-0.4, -0.2) is 65.7 Å². The number of nitrogens with one attached hydrogen (secondary N) is 2. The quantitative estimate of drug-likeness (QED) is 0.370. The average molecular weight is 391 g/mol. The van der Waals surface area contributed by atoms with Gasteiger partial charge in [0.05, 0.1) is 7.11 Å². The maximum Gasteiger partial charge on any atom is 0.325 e. The first kappa shape index (κ1) is 20.4. The Morgan fingerprint density at radius 3 is 2.44 bits per heavy atom. The molecule has 0 bridgehead atoms. The summed E-state index contributed by atoms with van der Waals surface area (Å²) in [5.41, 5.74) is 6.27. The number of carbonyl (C=O) groups is 3. The first-order valence-electron chi connectivity index (χ1n) is 8.06. The minimum atomic E-state index is -0.537. The molecule has 1 aromatic carbocycles. The van der Waals surface area contributed by atoms with Gasteiger partial charge in [-0.2, -0.15) is 4.99 Å². The van der Waals surface area contributed by atoms with Crippen molar-refractivity contribution in [3.63, 3.8) is 0 Å². The summed E-state index contributed by atoms with van der Waals surface area (Å²) in [6.45, 7) is 1.63. The van der Waals surface area contributed by atoms with E-state index in [1.54, 1.807) is 36.2 Å². The van der Waals surface area contributed by atoms with Crippen molar-refractivity contribution in [3.8, 4) is 0 Å². The number of hydrogen-bond donors (Lipinski definition) is 3. The third-order valence-corrected chi connectivity index (χ3v) is 5.57. The number of nitrogens with zero attached hydrogens (tertiary/aromatic N) is 2. The molecule has 10 heteroatoms. The lowest BCUT2D eigenvalue weighted by Crippen LogP contribution is -2.42. The molecule has 0 saturated carbocycles. The molecule has 2 amide bonds. The highest BCUT2D eigenvalue weighted by molar-refractivity contribution is 8.15. The van der Waals surface area contributed by atoms with Gasteiger partial charge in [-0.15, -0.1) is 0 Å². The summed E-state index contributed by atoms with van der Waals surface area (Å²) in [4.78, 5) is 41.7. The minimum absolute atomic E-state index is 0.0824. The van der Waals surface area contributed by atoms with Crippen molar-refractivity contribution in [2.45, 2.75) is 18.2 Å². The van der Waals surface area contributed by atoms with Crippen LogP contribution in [0.2, 0.25) is 0 Å². The third kappa shape index (κ3) is 4.85. The number of hydrogen-bond acceptors (Lipinski definition) is 6. The third-order valence-electron chi connectivity index (χ3n) is 4.12. The van der Waals surface area contributed by atoms with Crippen LogP contribution in [0.3, 0.4) is 0 Å². The van der Waals surface area contributed by atoms with Gasteiger partial charge in [0.15, 0.2) is 5.17 Å². The summed E-state index contributed by atoms with van der Waals surface area (Å²) >= 11 is 1.16. The van der Waals surface area contributed by atoms with Crippen molar-refractivity contribution >= 4 is 40.5 Å². The topological polar surface area (TPSA) is 138 Å². The number of aliphatic imine (C=N–C) groups is 1. The molecule has 2 unspecified atom stereocenters. The Hall–Kier alpha value is -2.88. The van der Waals surface area contributed by atoms with E-state index in [1.165, 1.54) is 7.11 Å². The van der Waals surface area contributed by atoms with Crippen molar-refractivity contribution < 1.29 is 19.1 Å². The molecule has 9 nitrogen and oxygen atoms in total. The van der Waals surface area contributed by atoms with Crippen molar-refractivity contribution in [2.75, 3.05) is 20.7 Å². The van der Waals surface area contributed by atoms with Crippen molar-refractivity contribution in [2.24, 2.45) is 10.7 Å². The molecule has 0 aliphatic carbocycles. The fourth-order valence-corrected chi connectivity index (χ4v) is 3.59. The Morgan fingerprint density at radius 1 is 1.30 bits per heavy atom. The molecule has 0 radical (unpaired) electrons. The first-order valence-corrected chi connectivity index (χ1v) is 8.94. The van der Waals surface area contributed by atoms with Gasteiger partial charge in [-0.1, -0.05) is 23.9 Å². The Labute approximate surface area is 160 Å². The van der Waals surface area contributed by atoms with Crippen molar-refractivity contribution in [3.05, 3.63) is 35.4 Å². The van der Waals surface area contributed by atoms with Gasteiger partial charge in [0, 0.05) is 24.2 Å². The molecule has 2 atom stereocenters. The number of methoxy groups -OCH3 is 1. The fourth-order valence-electron chi connectivity index (χ4n) is 2.33. The predicted molar refractivity (Wildman–Crippen MR) is 103 cm³/mol. The van der Waals surface area contributed by atoms with Crippen LogP contribution < -0.4 is 11.1 Å². The van der Waals surface area contributed by atoms with Gasteiger partial charge in [0.1, 0.15) is 17.6 Å². The normalized spacial score (nSPS) is 20.4. The Balaban J connectivity index is 2.09. The molecule has 0 spiro atoms. The molecule has 1 heterocycles. The van der Waals surface area contributed by atoms with E-state index in [0.29, 0.717) is 16.3 Å². The number of nitrogen functional groups attached to an aromatic ring is 1. The summed E-state index contributed by atoms with van der Waals surface area (Å²) in [5, 5.41) is 9.79. The van der Waals surface area contributed by atoms with E-state index in [-0.39, 0.29) is 24.3 Å². The number of benzene rings is 1. The monoisotopic (exact) mass is 391 g/mol. The molecular weight excluding hydrogens is 370 g/mol. The van der Waals surface area contributed by atoms with E-state index in [4.69, 9.17) is 11.1 Å². The fraction of sp³-hybridized carbons (Fsp3) is 0.353. The maximum absolute atomic E-state index is 12.4. The van der Waals surface area contributed by atoms with Gasteiger partial charge in [-0.3, -0.25) is 19.8 Å². The number of amides is 2. The van der Waals surface area contributed by atoms with Crippen LogP contribution in [0, 0.1) is 5.41 Å². The highest BCUT2D eigenvalue weighted by Gasteiger charge is 2.39. The van der Waals surface area contributed by atoms with E-state index < -0.39 is 17.1 Å².